The van der Waals surface area contributed by atoms with E-state index in [0.29, 0.717) is 6.42 Å². The average Bonchev–Trinajstić information content (AvgIpc) is 3.05. The minimum Gasteiger partial charge on any atom is -0.459 e. The van der Waals surface area contributed by atoms with Crippen LogP contribution in [0.5, 0.6) is 0 Å². The zero-order valence-electron chi connectivity index (χ0n) is 11.6. The Bertz CT molecular complexity index is 650. The fourth-order valence-electron chi connectivity index (χ4n) is 2.76. The number of hydrogen-bond donors (Lipinski definition) is 1. The largest absolute Gasteiger partial charge is 0.459 e. The molecule has 0 bridgehead atoms. The summed E-state index contributed by atoms with van der Waals surface area (Å²) >= 11 is 0. The van der Waals surface area contributed by atoms with Crippen LogP contribution in [0.2, 0.25) is 0 Å². The lowest BCUT2D eigenvalue weighted by molar-refractivity contribution is 0.0682. The highest BCUT2D eigenvalue weighted by atomic mass is 19.1. The Morgan fingerprint density at radius 1 is 1.33 bits per heavy atom. The van der Waals surface area contributed by atoms with E-state index in [0.717, 1.165) is 11.1 Å². The maximum atomic E-state index is 13.0. The molecule has 2 aromatic rings. The van der Waals surface area contributed by atoms with E-state index in [4.69, 9.17) is 4.42 Å². The van der Waals surface area contributed by atoms with Crippen molar-refractivity contribution in [3.8, 4) is 0 Å². The second kappa shape index (κ2) is 5.33. The van der Waals surface area contributed by atoms with E-state index in [-0.39, 0.29) is 30.1 Å². The number of carbonyl (C=O) groups excluding carboxylic acids is 1. The van der Waals surface area contributed by atoms with E-state index in [1.54, 1.807) is 30.0 Å². The van der Waals surface area contributed by atoms with E-state index in [1.807, 2.05) is 0 Å². The van der Waals surface area contributed by atoms with Crippen LogP contribution in [0.1, 0.15) is 34.1 Å². The van der Waals surface area contributed by atoms with E-state index in [2.05, 4.69) is 0 Å². The number of benzene rings is 1. The van der Waals surface area contributed by atoms with Crippen LogP contribution < -0.4 is 0 Å². The molecule has 5 heteroatoms. The first kappa shape index (κ1) is 13.8. The highest BCUT2D eigenvalue weighted by Gasteiger charge is 2.37. The van der Waals surface area contributed by atoms with Crippen LogP contribution in [0.25, 0.3) is 0 Å². The van der Waals surface area contributed by atoms with Gasteiger partial charge in [-0.15, -0.1) is 0 Å². The molecule has 0 spiro atoms. The molecule has 1 N–H and O–H groups in total. The fourth-order valence-corrected chi connectivity index (χ4v) is 2.76. The van der Waals surface area contributed by atoms with Crippen molar-refractivity contribution in [2.45, 2.75) is 25.5 Å². The van der Waals surface area contributed by atoms with Crippen LogP contribution in [-0.4, -0.2) is 28.6 Å². The van der Waals surface area contributed by atoms with Crippen molar-refractivity contribution in [1.29, 1.82) is 0 Å². The molecule has 110 valence electrons. The predicted octanol–water partition coefficient (Wildman–Crippen LogP) is 2.68. The van der Waals surface area contributed by atoms with E-state index in [1.165, 1.54) is 18.4 Å². The molecule has 1 aromatic heterocycles. The number of β-amino-alcohol motifs (C(OH)–C–C–N with tert-alkyl or cyclic N) is 1. The molecule has 1 aliphatic heterocycles. The first-order chi connectivity index (χ1) is 10.1. The second-order valence-corrected chi connectivity index (χ2v) is 5.35. The molecule has 0 aliphatic carbocycles. The van der Waals surface area contributed by atoms with E-state index < -0.39 is 6.10 Å². The fraction of sp³-hybridized carbons (Fsp3) is 0.312. The van der Waals surface area contributed by atoms with Crippen molar-refractivity contribution < 1.29 is 18.7 Å². The summed E-state index contributed by atoms with van der Waals surface area (Å²) in [7, 11) is 0. The number of aliphatic hydroxyl groups is 1. The summed E-state index contributed by atoms with van der Waals surface area (Å²) in [6.07, 6.45) is 1.33. The summed E-state index contributed by atoms with van der Waals surface area (Å²) in [5.74, 6) is -0.281. The van der Waals surface area contributed by atoms with Crippen molar-refractivity contribution in [2.75, 3.05) is 6.54 Å². The van der Waals surface area contributed by atoms with Crippen LogP contribution in [0.15, 0.2) is 41.0 Å². The topological polar surface area (TPSA) is 53.7 Å². The Morgan fingerprint density at radius 2 is 2.05 bits per heavy atom. The molecule has 0 radical (unpaired) electrons. The molecule has 1 aliphatic rings. The number of rotatable bonds is 2. The Balaban J connectivity index is 1.91. The summed E-state index contributed by atoms with van der Waals surface area (Å²) < 4.78 is 18.3. The van der Waals surface area contributed by atoms with Gasteiger partial charge in [0.1, 0.15) is 5.82 Å². The maximum Gasteiger partial charge on any atom is 0.290 e. The van der Waals surface area contributed by atoms with Crippen molar-refractivity contribution in [1.82, 2.24) is 4.90 Å². The number of aliphatic hydroxyl groups excluding tert-OH is 1. The third kappa shape index (κ3) is 2.56. The number of furan rings is 1. The summed E-state index contributed by atoms with van der Waals surface area (Å²) in [6.45, 7) is 2.05. The van der Waals surface area contributed by atoms with Crippen molar-refractivity contribution in [3.05, 3.63) is 59.3 Å². The third-order valence-electron chi connectivity index (χ3n) is 3.85. The Hall–Kier alpha value is -2.14. The lowest BCUT2D eigenvalue weighted by Crippen LogP contribution is -2.31. The van der Waals surface area contributed by atoms with Gasteiger partial charge in [-0.2, -0.15) is 0 Å². The number of carbonyl (C=O) groups is 1. The summed E-state index contributed by atoms with van der Waals surface area (Å²) in [5.41, 5.74) is 1.57. The standard InChI is InChI=1S/C16H16FNO3/c1-10-6-7-21-15(10)16(20)18-9-13(19)8-14(18)11-2-4-12(17)5-3-11/h2-7,13-14,19H,8-9H2,1H3/t13-,14+/m0/s1. The van der Waals surface area contributed by atoms with Gasteiger partial charge < -0.3 is 14.4 Å². The quantitative estimate of drug-likeness (QED) is 0.924. The third-order valence-corrected chi connectivity index (χ3v) is 3.85. The van der Waals surface area contributed by atoms with Gasteiger partial charge in [0.05, 0.1) is 18.4 Å². The van der Waals surface area contributed by atoms with Gasteiger partial charge in [-0.25, -0.2) is 4.39 Å². The minimum atomic E-state index is -0.584. The molecule has 4 nitrogen and oxygen atoms in total. The number of hydrogen-bond acceptors (Lipinski definition) is 3. The molecule has 0 unspecified atom stereocenters. The summed E-state index contributed by atoms with van der Waals surface area (Å²) in [6, 6.07) is 7.48. The van der Waals surface area contributed by atoms with Crippen LogP contribution in [-0.2, 0) is 0 Å². The van der Waals surface area contributed by atoms with Crippen LogP contribution in [0, 0.1) is 12.7 Å². The average molecular weight is 289 g/mol. The van der Waals surface area contributed by atoms with Crippen molar-refractivity contribution in [3.63, 3.8) is 0 Å². The Morgan fingerprint density at radius 3 is 2.67 bits per heavy atom. The normalized spacial score (nSPS) is 21.8. The number of aryl methyl sites for hydroxylation is 1. The molecular formula is C16H16FNO3. The lowest BCUT2D eigenvalue weighted by Gasteiger charge is -2.24. The van der Waals surface area contributed by atoms with Crippen LogP contribution in [0.4, 0.5) is 4.39 Å². The molecule has 3 rings (SSSR count). The number of nitrogens with zero attached hydrogens (tertiary/aromatic N) is 1. The lowest BCUT2D eigenvalue weighted by atomic mass is 10.0. The zero-order valence-corrected chi connectivity index (χ0v) is 11.6. The van der Waals surface area contributed by atoms with E-state index >= 15 is 0 Å². The number of amides is 1. The maximum absolute atomic E-state index is 13.0. The van der Waals surface area contributed by atoms with Crippen LogP contribution in [0.3, 0.4) is 0 Å². The molecule has 2 heterocycles. The predicted molar refractivity (Wildman–Crippen MR) is 74.2 cm³/mol. The molecule has 1 amide bonds. The Kier molecular flexibility index (Phi) is 3.51. The van der Waals surface area contributed by atoms with Gasteiger partial charge in [0, 0.05) is 12.1 Å². The van der Waals surface area contributed by atoms with Gasteiger partial charge in [-0.05, 0) is 37.1 Å². The monoisotopic (exact) mass is 289 g/mol. The molecule has 1 fully saturated rings. The molecule has 2 atom stereocenters. The van der Waals surface area contributed by atoms with Crippen molar-refractivity contribution in [2.24, 2.45) is 0 Å². The smallest absolute Gasteiger partial charge is 0.290 e. The first-order valence-electron chi connectivity index (χ1n) is 6.85. The molecule has 1 aromatic carbocycles. The zero-order chi connectivity index (χ0) is 15.0. The number of halogens is 1. The Labute approximate surface area is 121 Å². The summed E-state index contributed by atoms with van der Waals surface area (Å²) in [4.78, 5) is 14.2. The summed E-state index contributed by atoms with van der Waals surface area (Å²) in [5, 5.41) is 9.90. The second-order valence-electron chi connectivity index (χ2n) is 5.35. The number of likely N-dealkylation sites (tertiary alicyclic amines) is 1. The van der Waals surface area contributed by atoms with Gasteiger partial charge in [0.15, 0.2) is 5.76 Å². The molecule has 0 saturated carbocycles. The van der Waals surface area contributed by atoms with E-state index in [9.17, 15) is 14.3 Å². The van der Waals surface area contributed by atoms with Crippen molar-refractivity contribution >= 4 is 5.91 Å². The van der Waals surface area contributed by atoms with Gasteiger partial charge in [-0.1, -0.05) is 12.1 Å². The van der Waals surface area contributed by atoms with Gasteiger partial charge in [0.2, 0.25) is 0 Å². The molecular weight excluding hydrogens is 273 g/mol. The van der Waals surface area contributed by atoms with Gasteiger partial charge >= 0.3 is 0 Å². The minimum absolute atomic E-state index is 0.247. The highest BCUT2D eigenvalue weighted by molar-refractivity contribution is 5.93. The SMILES string of the molecule is Cc1ccoc1C(=O)N1C[C@@H](O)C[C@@H]1c1ccc(F)cc1. The molecule has 1 saturated heterocycles. The highest BCUT2D eigenvalue weighted by Crippen LogP contribution is 2.34. The van der Waals surface area contributed by atoms with Crippen LogP contribution >= 0.6 is 0 Å². The first-order valence-corrected chi connectivity index (χ1v) is 6.85. The van der Waals surface area contributed by atoms with Gasteiger partial charge in [0.25, 0.3) is 5.91 Å². The molecule has 21 heavy (non-hydrogen) atoms. The van der Waals surface area contributed by atoms with Gasteiger partial charge in [-0.3, -0.25) is 4.79 Å².